The van der Waals surface area contributed by atoms with Crippen LogP contribution in [0.15, 0.2) is 21.2 Å². The van der Waals surface area contributed by atoms with Gasteiger partial charge in [-0.2, -0.15) is 11.3 Å². The third-order valence-corrected chi connectivity index (χ3v) is 6.82. The van der Waals surface area contributed by atoms with Gasteiger partial charge in [-0.15, -0.1) is 10.2 Å². The van der Waals surface area contributed by atoms with E-state index in [0.717, 1.165) is 18.4 Å². The fourth-order valence-electron chi connectivity index (χ4n) is 2.58. The normalized spacial score (nSPS) is 20.6. The maximum Gasteiger partial charge on any atom is 0.248 e. The van der Waals surface area contributed by atoms with Gasteiger partial charge in [0.05, 0.1) is 11.2 Å². The van der Waals surface area contributed by atoms with Crippen molar-refractivity contribution in [3.8, 4) is 11.5 Å². The van der Waals surface area contributed by atoms with E-state index in [1.807, 2.05) is 16.8 Å². The van der Waals surface area contributed by atoms with Gasteiger partial charge in [0.1, 0.15) is 0 Å². The molecule has 8 heteroatoms. The molecular weight excluding hydrogens is 322 g/mol. The predicted octanol–water partition coefficient (Wildman–Crippen LogP) is 2.72. The molecule has 120 valence electrons. The molecule has 1 atom stereocenters. The molecule has 22 heavy (non-hydrogen) atoms. The number of aromatic nitrogens is 2. The molecule has 2 aromatic heterocycles. The largest absolute Gasteiger partial charge is 0.420 e. The molecule has 6 nitrogen and oxygen atoms in total. The predicted molar refractivity (Wildman–Crippen MR) is 85.2 cm³/mol. The molecular formula is C14H19N3O3S2. The summed E-state index contributed by atoms with van der Waals surface area (Å²) < 4.78 is 31.9. The molecule has 0 aromatic carbocycles. The minimum atomic E-state index is -3.23. The van der Waals surface area contributed by atoms with Crippen LogP contribution >= 0.6 is 11.3 Å². The van der Waals surface area contributed by atoms with Crippen LogP contribution < -0.4 is 0 Å². The summed E-state index contributed by atoms with van der Waals surface area (Å²) in [6, 6.07) is 1.93. The highest BCUT2D eigenvalue weighted by Crippen LogP contribution is 2.30. The number of nitrogens with zero attached hydrogens (tertiary/aromatic N) is 3. The van der Waals surface area contributed by atoms with Gasteiger partial charge >= 0.3 is 0 Å². The summed E-state index contributed by atoms with van der Waals surface area (Å²) in [5.74, 6) is 1.01. The van der Waals surface area contributed by atoms with Crippen LogP contribution in [0.4, 0.5) is 0 Å². The maximum atomic E-state index is 12.3. The first kappa shape index (κ1) is 15.6. The molecule has 0 radical (unpaired) electrons. The molecule has 0 saturated carbocycles. The number of hydrogen-bond acceptors (Lipinski definition) is 6. The van der Waals surface area contributed by atoms with Crippen LogP contribution in [0.1, 0.15) is 38.5 Å². The quantitative estimate of drug-likeness (QED) is 0.854. The van der Waals surface area contributed by atoms with Crippen molar-refractivity contribution in [1.29, 1.82) is 0 Å². The maximum absolute atomic E-state index is 12.3. The highest BCUT2D eigenvalue weighted by molar-refractivity contribution is 7.89. The van der Waals surface area contributed by atoms with Crippen molar-refractivity contribution in [1.82, 2.24) is 14.5 Å². The summed E-state index contributed by atoms with van der Waals surface area (Å²) in [4.78, 5) is 0. The lowest BCUT2D eigenvalue weighted by atomic mass is 10.00. The molecule has 0 amide bonds. The molecule has 2 aromatic rings. The minimum Gasteiger partial charge on any atom is -0.420 e. The average Bonchev–Trinajstić information content (AvgIpc) is 3.18. The zero-order chi connectivity index (χ0) is 15.7. The Morgan fingerprint density at radius 3 is 2.91 bits per heavy atom. The topological polar surface area (TPSA) is 76.3 Å². The number of hydrogen-bond donors (Lipinski definition) is 0. The SMILES string of the molecule is CC(C)S(=O)(=O)N1CCCC(c2nnc(-c3ccsc3)o2)C1. The lowest BCUT2D eigenvalue weighted by Gasteiger charge is -2.31. The number of sulfonamides is 1. The summed E-state index contributed by atoms with van der Waals surface area (Å²) in [6.45, 7) is 4.41. The van der Waals surface area contributed by atoms with Crippen LogP contribution in [0.5, 0.6) is 0 Å². The highest BCUT2D eigenvalue weighted by Gasteiger charge is 2.33. The Morgan fingerprint density at radius 1 is 1.41 bits per heavy atom. The molecule has 0 aliphatic carbocycles. The minimum absolute atomic E-state index is 0.0258. The molecule has 0 bridgehead atoms. The number of piperidine rings is 1. The molecule has 0 N–H and O–H groups in total. The van der Waals surface area contributed by atoms with Gasteiger partial charge in [0.25, 0.3) is 0 Å². The summed E-state index contributed by atoms with van der Waals surface area (Å²) in [5.41, 5.74) is 0.909. The Morgan fingerprint density at radius 2 is 2.23 bits per heavy atom. The molecule has 1 aliphatic rings. The summed E-state index contributed by atoms with van der Waals surface area (Å²) >= 11 is 1.57. The lowest BCUT2D eigenvalue weighted by molar-refractivity contribution is 0.284. The fraction of sp³-hybridized carbons (Fsp3) is 0.571. The van der Waals surface area contributed by atoms with Gasteiger partial charge in [-0.05, 0) is 38.1 Å². The van der Waals surface area contributed by atoms with Gasteiger partial charge in [-0.25, -0.2) is 12.7 Å². The molecule has 3 heterocycles. The highest BCUT2D eigenvalue weighted by atomic mass is 32.2. The van der Waals surface area contributed by atoms with Gasteiger partial charge in [0, 0.05) is 24.0 Å². The second-order valence-electron chi connectivity index (χ2n) is 5.75. The van der Waals surface area contributed by atoms with Crippen LogP contribution in [0, 0.1) is 0 Å². The van der Waals surface area contributed by atoms with Crippen LogP contribution in [0.25, 0.3) is 11.5 Å². The molecule has 1 aliphatic heterocycles. The second-order valence-corrected chi connectivity index (χ2v) is 9.02. The van der Waals surface area contributed by atoms with Crippen LogP contribution in [-0.2, 0) is 10.0 Å². The zero-order valence-electron chi connectivity index (χ0n) is 12.6. The van der Waals surface area contributed by atoms with E-state index >= 15 is 0 Å². The van der Waals surface area contributed by atoms with Crippen molar-refractivity contribution in [2.24, 2.45) is 0 Å². The molecule has 1 saturated heterocycles. The zero-order valence-corrected chi connectivity index (χ0v) is 14.2. The Hall–Kier alpha value is -1.25. The van der Waals surface area contributed by atoms with Crippen LogP contribution in [0.2, 0.25) is 0 Å². The number of rotatable bonds is 4. The average molecular weight is 341 g/mol. The molecule has 3 rings (SSSR count). The number of thiophene rings is 1. The van der Waals surface area contributed by atoms with E-state index in [4.69, 9.17) is 4.42 Å². The van der Waals surface area contributed by atoms with Gasteiger partial charge in [-0.3, -0.25) is 0 Å². The fourth-order valence-corrected chi connectivity index (χ4v) is 4.57. The summed E-state index contributed by atoms with van der Waals surface area (Å²) in [7, 11) is -3.23. The third-order valence-electron chi connectivity index (χ3n) is 3.90. The van der Waals surface area contributed by atoms with Crippen LogP contribution in [0.3, 0.4) is 0 Å². The standard InChI is InChI=1S/C14H19N3O3S2/c1-10(2)22(18,19)17-6-3-4-11(8-17)13-15-16-14(20-13)12-5-7-21-9-12/h5,7,9-11H,3-4,6,8H2,1-2H3. The first-order valence-electron chi connectivity index (χ1n) is 7.33. The molecule has 1 fully saturated rings. The summed E-state index contributed by atoms with van der Waals surface area (Å²) in [6.07, 6.45) is 1.68. The van der Waals surface area contributed by atoms with Crippen molar-refractivity contribution in [2.75, 3.05) is 13.1 Å². The van der Waals surface area contributed by atoms with Crippen molar-refractivity contribution in [3.05, 3.63) is 22.7 Å². The van der Waals surface area contributed by atoms with E-state index in [2.05, 4.69) is 10.2 Å². The summed E-state index contributed by atoms with van der Waals surface area (Å²) in [5, 5.41) is 11.7. The van der Waals surface area contributed by atoms with E-state index in [9.17, 15) is 8.42 Å². The Bertz CT molecular complexity index is 722. The molecule has 0 spiro atoms. The van der Waals surface area contributed by atoms with Gasteiger partial charge < -0.3 is 4.42 Å². The first-order valence-corrected chi connectivity index (χ1v) is 9.78. The van der Waals surface area contributed by atoms with Crippen molar-refractivity contribution in [3.63, 3.8) is 0 Å². The van der Waals surface area contributed by atoms with E-state index in [0.29, 0.717) is 24.9 Å². The van der Waals surface area contributed by atoms with Gasteiger partial charge in [0.15, 0.2) is 0 Å². The van der Waals surface area contributed by atoms with Crippen molar-refractivity contribution >= 4 is 21.4 Å². The Balaban J connectivity index is 1.78. The first-order chi connectivity index (χ1) is 10.5. The monoisotopic (exact) mass is 341 g/mol. The second kappa shape index (κ2) is 6.10. The lowest BCUT2D eigenvalue weighted by Crippen LogP contribution is -2.42. The van der Waals surface area contributed by atoms with E-state index in [1.54, 1.807) is 29.5 Å². The van der Waals surface area contributed by atoms with Crippen LogP contribution in [-0.4, -0.2) is 41.3 Å². The molecule has 1 unspecified atom stereocenters. The van der Waals surface area contributed by atoms with Gasteiger partial charge in [0.2, 0.25) is 21.8 Å². The van der Waals surface area contributed by atoms with Crippen molar-refractivity contribution in [2.45, 2.75) is 37.9 Å². The third kappa shape index (κ3) is 2.95. The Kier molecular flexibility index (Phi) is 4.33. The van der Waals surface area contributed by atoms with Gasteiger partial charge in [-0.1, -0.05) is 0 Å². The van der Waals surface area contributed by atoms with E-state index in [-0.39, 0.29) is 5.92 Å². The van der Waals surface area contributed by atoms with E-state index < -0.39 is 15.3 Å². The Labute approximate surface area is 134 Å². The smallest absolute Gasteiger partial charge is 0.248 e. The van der Waals surface area contributed by atoms with E-state index in [1.165, 1.54) is 0 Å². The van der Waals surface area contributed by atoms with Crippen molar-refractivity contribution < 1.29 is 12.8 Å².